The Balaban J connectivity index is 1.52. The molecule has 2 aliphatic rings. The van der Waals surface area contributed by atoms with E-state index in [4.69, 9.17) is 0 Å². The minimum absolute atomic E-state index is 0.0903. The normalized spacial score (nSPS) is 24.7. The molecule has 0 spiro atoms. The molecular formula is C23H31N3O5. The number of likely N-dealkylation sites (tertiary alicyclic amines) is 1. The van der Waals surface area contributed by atoms with Crippen molar-refractivity contribution in [1.29, 1.82) is 0 Å². The number of amides is 4. The van der Waals surface area contributed by atoms with E-state index in [1.54, 1.807) is 31.2 Å². The van der Waals surface area contributed by atoms with Crippen molar-refractivity contribution >= 4 is 23.6 Å². The first-order valence-corrected chi connectivity index (χ1v) is 10.9. The van der Waals surface area contributed by atoms with Crippen LogP contribution in [-0.4, -0.2) is 53.3 Å². The van der Waals surface area contributed by atoms with Crippen molar-refractivity contribution in [3.8, 4) is 5.75 Å². The van der Waals surface area contributed by atoms with Crippen LogP contribution in [0.15, 0.2) is 24.3 Å². The van der Waals surface area contributed by atoms with Crippen molar-refractivity contribution in [1.82, 2.24) is 15.5 Å². The van der Waals surface area contributed by atoms with Crippen LogP contribution in [0.4, 0.5) is 0 Å². The molecule has 0 radical (unpaired) electrons. The van der Waals surface area contributed by atoms with E-state index in [0.717, 1.165) is 18.4 Å². The first-order valence-electron chi connectivity index (χ1n) is 10.9. The van der Waals surface area contributed by atoms with Crippen LogP contribution < -0.4 is 10.6 Å². The van der Waals surface area contributed by atoms with E-state index in [-0.39, 0.29) is 47.1 Å². The number of nitrogens with zero attached hydrogens (tertiary/aromatic N) is 1. The van der Waals surface area contributed by atoms with Crippen LogP contribution in [0, 0.1) is 17.8 Å². The van der Waals surface area contributed by atoms with E-state index >= 15 is 0 Å². The lowest BCUT2D eigenvalue weighted by Gasteiger charge is -2.31. The van der Waals surface area contributed by atoms with Crippen molar-refractivity contribution in [2.24, 2.45) is 17.8 Å². The third kappa shape index (κ3) is 5.62. The van der Waals surface area contributed by atoms with Crippen LogP contribution in [0.1, 0.15) is 44.6 Å². The second-order valence-corrected chi connectivity index (χ2v) is 8.71. The minimum atomic E-state index is -0.693. The molecule has 8 nitrogen and oxygen atoms in total. The number of phenolic OH excluding ortho intramolecular Hbond substituents is 1. The molecule has 1 aliphatic heterocycles. The standard InChI is InChI=1S/C23H31N3O5/c1-14-11-20(28)26(23(14)31)13-16-3-7-17(8-4-16)21(29)25-19(22(30)24-2)12-15-5-9-18(27)10-6-15/h5-6,9-10,14,16-17,19,27H,3-4,7-8,11-13H2,1-2H3,(H,24,30)(H,25,29). The summed E-state index contributed by atoms with van der Waals surface area (Å²) in [6.45, 7) is 2.22. The molecule has 3 rings (SSSR count). The summed E-state index contributed by atoms with van der Waals surface area (Å²) in [6, 6.07) is 5.86. The summed E-state index contributed by atoms with van der Waals surface area (Å²) < 4.78 is 0. The summed E-state index contributed by atoms with van der Waals surface area (Å²) in [5.74, 6) is -0.658. The van der Waals surface area contributed by atoms with Crippen LogP contribution in [0.25, 0.3) is 0 Å². The van der Waals surface area contributed by atoms with Gasteiger partial charge in [0.1, 0.15) is 11.8 Å². The molecule has 3 N–H and O–H groups in total. The van der Waals surface area contributed by atoms with Gasteiger partial charge in [0, 0.05) is 38.3 Å². The smallest absolute Gasteiger partial charge is 0.242 e. The Labute approximate surface area is 182 Å². The summed E-state index contributed by atoms with van der Waals surface area (Å²) in [5, 5.41) is 14.9. The van der Waals surface area contributed by atoms with Gasteiger partial charge in [-0.1, -0.05) is 19.1 Å². The van der Waals surface area contributed by atoms with E-state index < -0.39 is 6.04 Å². The molecule has 8 heteroatoms. The lowest BCUT2D eigenvalue weighted by atomic mass is 9.81. The van der Waals surface area contributed by atoms with E-state index in [2.05, 4.69) is 10.6 Å². The number of phenols is 1. The second kappa shape index (κ2) is 9.94. The highest BCUT2D eigenvalue weighted by atomic mass is 16.3. The molecule has 1 aromatic rings. The topological polar surface area (TPSA) is 116 Å². The van der Waals surface area contributed by atoms with E-state index in [9.17, 15) is 24.3 Å². The quantitative estimate of drug-likeness (QED) is 0.566. The largest absolute Gasteiger partial charge is 0.508 e. The Morgan fingerprint density at radius 2 is 1.77 bits per heavy atom. The molecule has 2 unspecified atom stereocenters. The second-order valence-electron chi connectivity index (χ2n) is 8.71. The number of likely N-dealkylation sites (N-methyl/N-ethyl adjacent to an activating group) is 1. The number of benzene rings is 1. The van der Waals surface area contributed by atoms with Crippen molar-refractivity contribution in [2.45, 2.75) is 51.5 Å². The fraction of sp³-hybridized carbons (Fsp3) is 0.565. The third-order valence-corrected chi connectivity index (χ3v) is 6.38. The summed E-state index contributed by atoms with van der Waals surface area (Å²) in [6.07, 6.45) is 3.50. The van der Waals surface area contributed by atoms with Gasteiger partial charge in [-0.2, -0.15) is 0 Å². The van der Waals surface area contributed by atoms with Gasteiger partial charge in [0.15, 0.2) is 0 Å². The summed E-state index contributed by atoms with van der Waals surface area (Å²) in [5.41, 5.74) is 0.838. The maximum Gasteiger partial charge on any atom is 0.242 e. The number of hydrogen-bond donors (Lipinski definition) is 3. The minimum Gasteiger partial charge on any atom is -0.508 e. The number of carbonyl (C=O) groups is 4. The van der Waals surface area contributed by atoms with Gasteiger partial charge in [-0.3, -0.25) is 24.1 Å². The fourth-order valence-electron chi connectivity index (χ4n) is 4.45. The van der Waals surface area contributed by atoms with Gasteiger partial charge in [-0.05, 0) is 49.3 Å². The molecule has 0 aromatic heterocycles. The van der Waals surface area contributed by atoms with E-state index in [1.807, 2.05) is 0 Å². The zero-order chi connectivity index (χ0) is 22.5. The van der Waals surface area contributed by atoms with Crippen LogP contribution >= 0.6 is 0 Å². The van der Waals surface area contributed by atoms with Crippen LogP contribution in [0.5, 0.6) is 5.75 Å². The predicted molar refractivity (Wildman–Crippen MR) is 114 cm³/mol. The molecule has 1 saturated carbocycles. The zero-order valence-electron chi connectivity index (χ0n) is 18.1. The average Bonchev–Trinajstić information content (AvgIpc) is 3.00. The highest BCUT2D eigenvalue weighted by molar-refractivity contribution is 6.03. The van der Waals surface area contributed by atoms with Gasteiger partial charge in [0.2, 0.25) is 23.6 Å². The molecule has 1 heterocycles. The van der Waals surface area contributed by atoms with Gasteiger partial charge < -0.3 is 15.7 Å². The number of carbonyl (C=O) groups excluding carboxylic acids is 4. The molecular weight excluding hydrogens is 398 g/mol. The van der Waals surface area contributed by atoms with Gasteiger partial charge in [-0.25, -0.2) is 0 Å². The Morgan fingerprint density at radius 3 is 2.32 bits per heavy atom. The van der Waals surface area contributed by atoms with Crippen molar-refractivity contribution in [3.63, 3.8) is 0 Å². The third-order valence-electron chi connectivity index (χ3n) is 6.38. The van der Waals surface area contributed by atoms with Gasteiger partial charge in [0.05, 0.1) is 0 Å². The van der Waals surface area contributed by atoms with Crippen LogP contribution in [0.2, 0.25) is 0 Å². The van der Waals surface area contributed by atoms with Crippen LogP contribution in [0.3, 0.4) is 0 Å². The Morgan fingerprint density at radius 1 is 1.13 bits per heavy atom. The molecule has 0 bridgehead atoms. The maximum absolute atomic E-state index is 12.8. The first kappa shape index (κ1) is 22.8. The van der Waals surface area contributed by atoms with Crippen molar-refractivity contribution < 1.29 is 24.3 Å². The average molecular weight is 430 g/mol. The van der Waals surface area contributed by atoms with Gasteiger partial charge in [0.25, 0.3) is 0 Å². The molecule has 1 aliphatic carbocycles. The Hall–Kier alpha value is -2.90. The fourth-order valence-corrected chi connectivity index (χ4v) is 4.45. The first-order chi connectivity index (χ1) is 14.8. The number of rotatable bonds is 7. The molecule has 1 saturated heterocycles. The summed E-state index contributed by atoms with van der Waals surface area (Å²) in [4.78, 5) is 50.6. The number of imide groups is 1. The Kier molecular flexibility index (Phi) is 7.30. The molecule has 2 fully saturated rings. The predicted octanol–water partition coefficient (Wildman–Crippen LogP) is 1.37. The lowest BCUT2D eigenvalue weighted by Crippen LogP contribution is -2.49. The van der Waals surface area contributed by atoms with Crippen molar-refractivity contribution in [2.75, 3.05) is 13.6 Å². The lowest BCUT2D eigenvalue weighted by molar-refractivity contribution is -0.140. The van der Waals surface area contributed by atoms with E-state index in [0.29, 0.717) is 32.2 Å². The van der Waals surface area contributed by atoms with Crippen molar-refractivity contribution in [3.05, 3.63) is 29.8 Å². The number of hydrogen-bond acceptors (Lipinski definition) is 5. The zero-order valence-corrected chi connectivity index (χ0v) is 18.1. The highest BCUT2D eigenvalue weighted by Crippen LogP contribution is 2.31. The van der Waals surface area contributed by atoms with Gasteiger partial charge in [-0.15, -0.1) is 0 Å². The van der Waals surface area contributed by atoms with E-state index in [1.165, 1.54) is 11.9 Å². The number of aromatic hydroxyl groups is 1. The SMILES string of the molecule is CNC(=O)C(Cc1ccc(O)cc1)NC(=O)C1CCC(CN2C(=O)CC(C)C2=O)CC1. The molecule has 1 aromatic carbocycles. The summed E-state index contributed by atoms with van der Waals surface area (Å²) in [7, 11) is 1.53. The Bertz CT molecular complexity index is 830. The number of nitrogens with one attached hydrogen (secondary N) is 2. The monoisotopic (exact) mass is 429 g/mol. The molecule has 168 valence electrons. The highest BCUT2D eigenvalue weighted by Gasteiger charge is 2.38. The summed E-state index contributed by atoms with van der Waals surface area (Å²) >= 11 is 0. The maximum atomic E-state index is 12.8. The van der Waals surface area contributed by atoms with Crippen LogP contribution in [-0.2, 0) is 25.6 Å². The molecule has 31 heavy (non-hydrogen) atoms. The molecule has 4 amide bonds. The van der Waals surface area contributed by atoms with Gasteiger partial charge >= 0.3 is 0 Å². The molecule has 2 atom stereocenters.